The summed E-state index contributed by atoms with van der Waals surface area (Å²) in [6.07, 6.45) is 1.62. The van der Waals surface area contributed by atoms with Crippen LogP contribution in [-0.2, 0) is 6.54 Å². The van der Waals surface area contributed by atoms with E-state index in [0.29, 0.717) is 23.8 Å². The van der Waals surface area contributed by atoms with Gasteiger partial charge >= 0.3 is 5.69 Å². The van der Waals surface area contributed by atoms with E-state index in [9.17, 15) is 9.18 Å². The first-order valence-electron chi connectivity index (χ1n) is 8.13. The summed E-state index contributed by atoms with van der Waals surface area (Å²) in [5.74, 6) is 0.520. The van der Waals surface area contributed by atoms with Crippen molar-refractivity contribution in [1.82, 2.24) is 19.2 Å². The van der Waals surface area contributed by atoms with Gasteiger partial charge in [-0.25, -0.2) is 18.3 Å². The molecule has 4 aromatic rings. The second-order valence-electron chi connectivity index (χ2n) is 6.04. The van der Waals surface area contributed by atoms with Crippen molar-refractivity contribution < 1.29 is 4.39 Å². The minimum Gasteiger partial charge on any atom is -0.340 e. The Morgan fingerprint density at radius 3 is 2.50 bits per heavy atom. The Morgan fingerprint density at radius 2 is 1.77 bits per heavy atom. The highest BCUT2D eigenvalue weighted by Gasteiger charge is 2.09. The zero-order valence-corrected chi connectivity index (χ0v) is 14.1. The second-order valence-corrected chi connectivity index (χ2v) is 6.04. The van der Waals surface area contributed by atoms with Gasteiger partial charge in [0.15, 0.2) is 0 Å². The van der Waals surface area contributed by atoms with E-state index in [1.54, 1.807) is 24.4 Å². The summed E-state index contributed by atoms with van der Waals surface area (Å²) >= 11 is 0. The smallest absolute Gasteiger partial charge is 0.340 e. The number of hydrogen-bond acceptors (Lipinski definition) is 4. The van der Waals surface area contributed by atoms with Crippen molar-refractivity contribution in [3.05, 3.63) is 88.2 Å². The van der Waals surface area contributed by atoms with Crippen LogP contribution >= 0.6 is 0 Å². The molecule has 0 unspecified atom stereocenters. The Balaban J connectivity index is 1.63. The molecule has 7 heteroatoms. The van der Waals surface area contributed by atoms with E-state index in [4.69, 9.17) is 0 Å². The second kappa shape index (κ2) is 6.44. The fourth-order valence-electron chi connectivity index (χ4n) is 2.63. The van der Waals surface area contributed by atoms with Crippen molar-refractivity contribution in [2.75, 3.05) is 5.32 Å². The molecule has 2 heterocycles. The fraction of sp³-hybridized carbons (Fsp3) is 0.105. The van der Waals surface area contributed by atoms with Crippen LogP contribution in [0.3, 0.4) is 0 Å². The highest BCUT2D eigenvalue weighted by Crippen LogP contribution is 2.15. The molecule has 0 bridgehead atoms. The van der Waals surface area contributed by atoms with Crippen LogP contribution in [0, 0.1) is 12.7 Å². The molecule has 4 rings (SSSR count). The molecule has 0 aliphatic heterocycles. The third-order valence-electron chi connectivity index (χ3n) is 4.02. The summed E-state index contributed by atoms with van der Waals surface area (Å²) in [6, 6.07) is 15.6. The number of benzene rings is 2. The SMILES string of the molecule is Cc1ccc(Cn2nc3nc(Nc4ccc(F)cc4)ccn3c2=O)cc1. The highest BCUT2D eigenvalue weighted by atomic mass is 19.1. The van der Waals surface area contributed by atoms with Crippen molar-refractivity contribution in [3.8, 4) is 0 Å². The van der Waals surface area contributed by atoms with Gasteiger partial charge in [0.05, 0.1) is 6.54 Å². The van der Waals surface area contributed by atoms with E-state index >= 15 is 0 Å². The number of nitrogens with zero attached hydrogens (tertiary/aromatic N) is 4. The van der Waals surface area contributed by atoms with Crippen LogP contribution in [-0.4, -0.2) is 19.2 Å². The Bertz CT molecular complexity index is 1110. The first kappa shape index (κ1) is 16.0. The normalized spacial score (nSPS) is 11.0. The Labute approximate surface area is 148 Å². The number of aryl methyl sites for hydroxylation is 1. The number of anilines is 2. The number of rotatable bonds is 4. The predicted octanol–water partition coefficient (Wildman–Crippen LogP) is 3.13. The topological polar surface area (TPSA) is 64.2 Å². The standard InChI is InChI=1S/C19H16FN5O/c1-13-2-4-14(5-3-13)12-25-19(26)24-11-10-17(22-18(24)23-25)21-16-8-6-15(20)7-9-16/h2-11H,12H2,1H3,(H,21,22,23). The van der Waals surface area contributed by atoms with E-state index in [-0.39, 0.29) is 11.5 Å². The van der Waals surface area contributed by atoms with E-state index < -0.39 is 0 Å². The van der Waals surface area contributed by atoms with Gasteiger partial charge in [-0.2, -0.15) is 4.98 Å². The maximum atomic E-state index is 13.0. The van der Waals surface area contributed by atoms with Crippen molar-refractivity contribution in [2.24, 2.45) is 0 Å². The first-order valence-corrected chi connectivity index (χ1v) is 8.13. The van der Waals surface area contributed by atoms with E-state index in [2.05, 4.69) is 15.4 Å². The summed E-state index contributed by atoms with van der Waals surface area (Å²) in [6.45, 7) is 2.39. The van der Waals surface area contributed by atoms with Crippen molar-refractivity contribution in [3.63, 3.8) is 0 Å². The maximum Gasteiger partial charge on any atom is 0.351 e. The zero-order chi connectivity index (χ0) is 18.1. The summed E-state index contributed by atoms with van der Waals surface area (Å²) in [5.41, 5.74) is 2.60. The maximum absolute atomic E-state index is 13.0. The Morgan fingerprint density at radius 1 is 1.04 bits per heavy atom. The summed E-state index contributed by atoms with van der Waals surface area (Å²) in [4.78, 5) is 16.8. The number of fused-ring (bicyclic) bond motifs is 1. The zero-order valence-electron chi connectivity index (χ0n) is 14.1. The van der Waals surface area contributed by atoms with Gasteiger partial charge < -0.3 is 5.32 Å². The third kappa shape index (κ3) is 3.19. The minimum absolute atomic E-state index is 0.249. The molecule has 0 aliphatic carbocycles. The van der Waals surface area contributed by atoms with Gasteiger partial charge in [-0.05, 0) is 42.8 Å². The molecular formula is C19H16FN5O. The average Bonchev–Trinajstić information content (AvgIpc) is 2.94. The molecule has 0 amide bonds. The van der Waals surface area contributed by atoms with E-state index in [1.807, 2.05) is 31.2 Å². The monoisotopic (exact) mass is 349 g/mol. The lowest BCUT2D eigenvalue weighted by Crippen LogP contribution is -2.21. The molecule has 0 fully saturated rings. The summed E-state index contributed by atoms with van der Waals surface area (Å²) < 4.78 is 15.8. The molecule has 0 spiro atoms. The highest BCUT2D eigenvalue weighted by molar-refractivity contribution is 5.57. The molecule has 0 atom stereocenters. The molecule has 26 heavy (non-hydrogen) atoms. The lowest BCUT2D eigenvalue weighted by Gasteiger charge is -2.04. The Hall–Kier alpha value is -3.48. The molecule has 0 aliphatic rings. The van der Waals surface area contributed by atoms with Gasteiger partial charge in [0.2, 0.25) is 0 Å². The fourth-order valence-corrected chi connectivity index (χ4v) is 2.63. The van der Waals surface area contributed by atoms with Gasteiger partial charge in [-0.1, -0.05) is 29.8 Å². The largest absolute Gasteiger partial charge is 0.351 e. The lowest BCUT2D eigenvalue weighted by molar-refractivity contribution is 0.628. The molecule has 2 aromatic carbocycles. The number of aromatic nitrogens is 4. The molecule has 130 valence electrons. The quantitative estimate of drug-likeness (QED) is 0.615. The number of halogens is 1. The van der Waals surface area contributed by atoms with Crippen LogP contribution in [0.1, 0.15) is 11.1 Å². The number of hydrogen-bond donors (Lipinski definition) is 1. The van der Waals surface area contributed by atoms with Gasteiger partial charge in [0, 0.05) is 11.9 Å². The van der Waals surface area contributed by atoms with Crippen LogP contribution in [0.25, 0.3) is 5.78 Å². The Kier molecular flexibility index (Phi) is 3.96. The van der Waals surface area contributed by atoms with Gasteiger partial charge in [0.1, 0.15) is 11.6 Å². The van der Waals surface area contributed by atoms with E-state index in [1.165, 1.54) is 21.2 Å². The summed E-state index contributed by atoms with van der Waals surface area (Å²) in [5, 5.41) is 7.37. The third-order valence-corrected chi connectivity index (χ3v) is 4.02. The number of nitrogens with one attached hydrogen (secondary N) is 1. The van der Waals surface area contributed by atoms with E-state index in [0.717, 1.165) is 11.1 Å². The molecule has 0 saturated carbocycles. The van der Waals surface area contributed by atoms with Gasteiger partial charge in [-0.15, -0.1) is 5.10 Å². The van der Waals surface area contributed by atoms with Crippen molar-refractivity contribution in [2.45, 2.75) is 13.5 Å². The molecule has 0 saturated heterocycles. The molecular weight excluding hydrogens is 333 g/mol. The summed E-state index contributed by atoms with van der Waals surface area (Å²) in [7, 11) is 0. The van der Waals surface area contributed by atoms with Crippen molar-refractivity contribution >= 4 is 17.3 Å². The van der Waals surface area contributed by atoms with Crippen LogP contribution in [0.4, 0.5) is 15.9 Å². The lowest BCUT2D eigenvalue weighted by atomic mass is 10.1. The van der Waals surface area contributed by atoms with Crippen molar-refractivity contribution in [1.29, 1.82) is 0 Å². The molecule has 2 aromatic heterocycles. The molecule has 6 nitrogen and oxygen atoms in total. The molecule has 1 N–H and O–H groups in total. The van der Waals surface area contributed by atoms with Crippen LogP contribution in [0.5, 0.6) is 0 Å². The average molecular weight is 349 g/mol. The minimum atomic E-state index is -0.305. The first-order chi connectivity index (χ1) is 12.6. The van der Waals surface area contributed by atoms with Crippen LogP contribution in [0.2, 0.25) is 0 Å². The van der Waals surface area contributed by atoms with Crippen LogP contribution in [0.15, 0.2) is 65.6 Å². The van der Waals surface area contributed by atoms with Gasteiger partial charge in [0.25, 0.3) is 5.78 Å². The van der Waals surface area contributed by atoms with Gasteiger partial charge in [-0.3, -0.25) is 0 Å². The predicted molar refractivity (Wildman–Crippen MR) is 97.2 cm³/mol. The molecule has 0 radical (unpaired) electrons. The van der Waals surface area contributed by atoms with Crippen LogP contribution < -0.4 is 11.0 Å².